The summed E-state index contributed by atoms with van der Waals surface area (Å²) >= 11 is 6.27. The van der Waals surface area contributed by atoms with Crippen molar-refractivity contribution in [1.82, 2.24) is 39.7 Å². The Balaban J connectivity index is 1.41. The summed E-state index contributed by atoms with van der Waals surface area (Å²) in [4.78, 5) is 15.2. The maximum absolute atomic E-state index is 6.27. The van der Waals surface area contributed by atoms with E-state index >= 15 is 0 Å². The third-order valence-corrected chi connectivity index (χ3v) is 6.12. The molecular formula is C19H24ClN9O. The monoisotopic (exact) mass is 429 g/mol. The largest absolute Gasteiger partial charge is 0.379 e. The van der Waals surface area contributed by atoms with Crippen LogP contribution in [0.25, 0.3) is 11.2 Å². The number of aryl methyl sites for hydroxylation is 1. The Morgan fingerprint density at radius 3 is 2.90 bits per heavy atom. The summed E-state index contributed by atoms with van der Waals surface area (Å²) in [7, 11) is 1.75. The first-order valence-electron chi connectivity index (χ1n) is 10.3. The molecule has 4 atom stereocenters. The molecule has 10 nitrogen and oxygen atoms in total. The molecular weight excluding hydrogens is 406 g/mol. The normalized spacial score (nSPS) is 26.1. The van der Waals surface area contributed by atoms with Crippen LogP contribution in [0, 0.1) is 0 Å². The molecule has 0 unspecified atom stereocenters. The lowest BCUT2D eigenvalue weighted by atomic mass is 10.2. The van der Waals surface area contributed by atoms with Crippen molar-refractivity contribution in [3.63, 3.8) is 0 Å². The van der Waals surface area contributed by atoms with Crippen LogP contribution in [0.1, 0.15) is 50.5 Å². The Kier molecular flexibility index (Phi) is 5.11. The van der Waals surface area contributed by atoms with Crippen molar-refractivity contribution in [1.29, 1.82) is 0 Å². The maximum Gasteiger partial charge on any atom is 0.226 e. The number of fused-ring (bicyclic) bond motifs is 1. The van der Waals surface area contributed by atoms with Crippen LogP contribution < -0.4 is 5.32 Å². The van der Waals surface area contributed by atoms with E-state index in [1.54, 1.807) is 18.2 Å². The lowest BCUT2D eigenvalue weighted by Crippen LogP contribution is -2.30. The smallest absolute Gasteiger partial charge is 0.226 e. The van der Waals surface area contributed by atoms with Crippen molar-refractivity contribution in [2.45, 2.75) is 63.3 Å². The molecule has 1 N–H and O–H groups in total. The van der Waals surface area contributed by atoms with Gasteiger partial charge in [0.1, 0.15) is 0 Å². The van der Waals surface area contributed by atoms with E-state index in [2.05, 4.69) is 47.8 Å². The van der Waals surface area contributed by atoms with Crippen LogP contribution in [0.4, 0.5) is 5.82 Å². The van der Waals surface area contributed by atoms with Gasteiger partial charge in [-0.3, -0.25) is 0 Å². The van der Waals surface area contributed by atoms with Gasteiger partial charge in [-0.2, -0.15) is 14.8 Å². The highest BCUT2D eigenvalue weighted by atomic mass is 35.5. The predicted octanol–water partition coefficient (Wildman–Crippen LogP) is 2.75. The highest BCUT2D eigenvalue weighted by Crippen LogP contribution is 2.34. The van der Waals surface area contributed by atoms with E-state index in [0.29, 0.717) is 17.0 Å². The summed E-state index contributed by atoms with van der Waals surface area (Å²) in [6.45, 7) is 2.02. The van der Waals surface area contributed by atoms with Crippen molar-refractivity contribution < 1.29 is 4.74 Å². The van der Waals surface area contributed by atoms with Gasteiger partial charge in [-0.25, -0.2) is 4.98 Å². The number of rotatable bonds is 6. The topological polar surface area (TPSA) is 108 Å². The second kappa shape index (κ2) is 7.92. The quantitative estimate of drug-likeness (QED) is 0.470. The number of methoxy groups -OCH3 is 1. The molecule has 0 spiro atoms. The lowest BCUT2D eigenvalue weighted by Gasteiger charge is -2.20. The average molecular weight is 430 g/mol. The van der Waals surface area contributed by atoms with Gasteiger partial charge in [-0.05, 0) is 42.5 Å². The molecule has 11 heteroatoms. The number of aromatic nitrogens is 8. The molecule has 158 valence electrons. The molecule has 0 saturated heterocycles. The SMILES string of the molecule is CCc1nnn([C@@H]2C=C[C@H](n3cnc4c(N[C@H]5CCC[C@@H]5OC)nc(Cl)nc43)C2)n1. The van der Waals surface area contributed by atoms with Gasteiger partial charge in [0.05, 0.1) is 30.6 Å². The summed E-state index contributed by atoms with van der Waals surface area (Å²) in [5, 5.41) is 16.4. The molecule has 0 amide bonds. The molecule has 2 aliphatic carbocycles. The van der Waals surface area contributed by atoms with Crippen LogP contribution in [0.2, 0.25) is 5.28 Å². The van der Waals surface area contributed by atoms with Crippen LogP contribution in [-0.2, 0) is 11.2 Å². The second-order valence-corrected chi connectivity index (χ2v) is 8.09. The van der Waals surface area contributed by atoms with Gasteiger partial charge in [0, 0.05) is 13.5 Å². The summed E-state index contributed by atoms with van der Waals surface area (Å²) < 4.78 is 7.63. The van der Waals surface area contributed by atoms with Crippen molar-refractivity contribution >= 4 is 28.6 Å². The fraction of sp³-hybridized carbons (Fsp3) is 0.579. The summed E-state index contributed by atoms with van der Waals surface area (Å²) in [5.41, 5.74) is 1.42. The molecule has 3 aromatic rings. The van der Waals surface area contributed by atoms with Crippen LogP contribution in [0.5, 0.6) is 0 Å². The van der Waals surface area contributed by atoms with E-state index in [0.717, 1.165) is 37.9 Å². The van der Waals surface area contributed by atoms with E-state index in [1.807, 2.05) is 11.5 Å². The van der Waals surface area contributed by atoms with Crippen LogP contribution in [0.15, 0.2) is 18.5 Å². The lowest BCUT2D eigenvalue weighted by molar-refractivity contribution is 0.101. The van der Waals surface area contributed by atoms with Gasteiger partial charge in [0.2, 0.25) is 5.28 Å². The van der Waals surface area contributed by atoms with E-state index in [-0.39, 0.29) is 29.5 Å². The Morgan fingerprint density at radius 2 is 2.10 bits per heavy atom. The third kappa shape index (κ3) is 3.43. The van der Waals surface area contributed by atoms with Crippen molar-refractivity contribution in [3.8, 4) is 0 Å². The fourth-order valence-corrected chi connectivity index (χ4v) is 4.52. The Bertz CT molecular complexity index is 1080. The minimum atomic E-state index is 0.0519. The molecule has 0 aliphatic heterocycles. The fourth-order valence-electron chi connectivity index (χ4n) is 4.36. The van der Waals surface area contributed by atoms with Crippen molar-refractivity contribution in [2.75, 3.05) is 12.4 Å². The number of allylic oxidation sites excluding steroid dienone is 2. The molecule has 3 aromatic heterocycles. The molecule has 3 heterocycles. The minimum Gasteiger partial charge on any atom is -0.379 e. The molecule has 0 bridgehead atoms. The average Bonchev–Trinajstić information content (AvgIpc) is 3.52. The summed E-state index contributed by atoms with van der Waals surface area (Å²) in [6, 6.07) is 0.320. The van der Waals surface area contributed by atoms with Crippen LogP contribution >= 0.6 is 11.6 Å². The first kappa shape index (κ1) is 19.4. The van der Waals surface area contributed by atoms with E-state index in [4.69, 9.17) is 16.3 Å². The molecule has 30 heavy (non-hydrogen) atoms. The summed E-state index contributed by atoms with van der Waals surface area (Å²) in [5.74, 6) is 1.40. The third-order valence-electron chi connectivity index (χ3n) is 5.95. The maximum atomic E-state index is 6.27. The highest BCUT2D eigenvalue weighted by Gasteiger charge is 2.30. The number of tetrazole rings is 1. The van der Waals surface area contributed by atoms with E-state index in [1.165, 1.54) is 0 Å². The number of hydrogen-bond acceptors (Lipinski definition) is 8. The molecule has 5 rings (SSSR count). The molecule has 1 saturated carbocycles. The first-order valence-corrected chi connectivity index (χ1v) is 10.7. The van der Waals surface area contributed by atoms with E-state index < -0.39 is 0 Å². The van der Waals surface area contributed by atoms with Crippen LogP contribution in [0.3, 0.4) is 0 Å². The zero-order valence-electron chi connectivity index (χ0n) is 16.9. The number of anilines is 1. The Hall–Kier alpha value is -2.59. The number of nitrogens with one attached hydrogen (secondary N) is 1. The first-order chi connectivity index (χ1) is 14.7. The number of hydrogen-bond donors (Lipinski definition) is 1. The molecule has 2 aliphatic rings. The standard InChI is InChI=1S/C19H24ClN9O/c1-3-15-25-27-29(26-15)12-8-7-11(9-12)28-10-21-16-17(23-19(20)24-18(16)28)22-13-5-4-6-14(13)30-2/h7-8,10-14H,3-6,9H2,1-2H3,(H,22,23,24)/t11-,12+,13-,14-/m0/s1. The number of nitrogens with zero attached hydrogens (tertiary/aromatic N) is 8. The molecule has 0 radical (unpaired) electrons. The molecule has 0 aromatic carbocycles. The van der Waals surface area contributed by atoms with Gasteiger partial charge in [0.25, 0.3) is 0 Å². The minimum absolute atomic E-state index is 0.0519. The van der Waals surface area contributed by atoms with Gasteiger partial charge in [0.15, 0.2) is 22.8 Å². The Morgan fingerprint density at radius 1 is 1.23 bits per heavy atom. The Labute approximate surface area is 178 Å². The zero-order valence-corrected chi connectivity index (χ0v) is 17.7. The predicted molar refractivity (Wildman–Crippen MR) is 111 cm³/mol. The molecule has 1 fully saturated rings. The van der Waals surface area contributed by atoms with E-state index in [9.17, 15) is 0 Å². The van der Waals surface area contributed by atoms with Gasteiger partial charge >= 0.3 is 0 Å². The van der Waals surface area contributed by atoms with Crippen LogP contribution in [-0.4, -0.2) is 59.0 Å². The van der Waals surface area contributed by atoms with Crippen molar-refractivity contribution in [3.05, 3.63) is 29.6 Å². The van der Waals surface area contributed by atoms with Gasteiger partial charge in [-0.1, -0.05) is 19.1 Å². The number of ether oxygens (including phenoxy) is 1. The zero-order chi connectivity index (χ0) is 20.7. The van der Waals surface area contributed by atoms with Gasteiger partial charge < -0.3 is 14.6 Å². The number of imidazole rings is 1. The van der Waals surface area contributed by atoms with Gasteiger partial charge in [-0.15, -0.1) is 10.2 Å². The second-order valence-electron chi connectivity index (χ2n) is 7.76. The summed E-state index contributed by atoms with van der Waals surface area (Å²) in [6.07, 6.45) is 10.9. The number of halogens is 1. The highest BCUT2D eigenvalue weighted by molar-refractivity contribution is 6.28. The van der Waals surface area contributed by atoms with Crippen molar-refractivity contribution in [2.24, 2.45) is 0 Å².